The maximum atomic E-state index is 6.31. The summed E-state index contributed by atoms with van der Waals surface area (Å²) in [4.78, 5) is 4.79. The molecule has 0 N–H and O–H groups in total. The van der Waals surface area contributed by atoms with Gasteiger partial charge in [0.1, 0.15) is 31.0 Å². The summed E-state index contributed by atoms with van der Waals surface area (Å²) < 4.78 is 17.5. The number of hydrogen-bond donors (Lipinski definition) is 0. The van der Waals surface area contributed by atoms with Crippen LogP contribution in [0.15, 0.2) is 47.6 Å². The van der Waals surface area contributed by atoms with Crippen LogP contribution < -0.4 is 14.2 Å². The molecular weight excluding hydrogens is 402 g/mol. The van der Waals surface area contributed by atoms with E-state index in [0.717, 1.165) is 34.6 Å². The summed E-state index contributed by atoms with van der Waals surface area (Å²) in [5, 5.41) is 4.48. The Balaban J connectivity index is 1.83. The highest BCUT2D eigenvalue weighted by atomic mass is 35.5. The van der Waals surface area contributed by atoms with E-state index < -0.39 is 0 Å². The van der Waals surface area contributed by atoms with E-state index in [4.69, 9.17) is 30.6 Å². The summed E-state index contributed by atoms with van der Waals surface area (Å²) >= 11 is 6.31. The van der Waals surface area contributed by atoms with Crippen molar-refractivity contribution in [1.29, 1.82) is 0 Å². The van der Waals surface area contributed by atoms with Crippen LogP contribution in [0.3, 0.4) is 0 Å². The molecule has 2 rings (SSSR count). The summed E-state index contributed by atoms with van der Waals surface area (Å²) in [5.74, 6) is 2.46. The first-order chi connectivity index (χ1) is 14.5. The van der Waals surface area contributed by atoms with Gasteiger partial charge in [0.15, 0.2) is 0 Å². The van der Waals surface area contributed by atoms with Gasteiger partial charge in [-0.1, -0.05) is 28.9 Å². The zero-order chi connectivity index (χ0) is 21.9. The van der Waals surface area contributed by atoms with Gasteiger partial charge in [-0.3, -0.25) is 0 Å². The largest absolute Gasteiger partial charge is 0.493 e. The molecule has 0 bridgehead atoms. The molecule has 0 saturated heterocycles. The molecule has 0 heterocycles. The van der Waals surface area contributed by atoms with Crippen molar-refractivity contribution >= 4 is 17.3 Å². The van der Waals surface area contributed by atoms with Gasteiger partial charge in [-0.15, -0.1) is 0 Å². The van der Waals surface area contributed by atoms with Crippen molar-refractivity contribution in [2.75, 3.05) is 26.9 Å². The van der Waals surface area contributed by atoms with Crippen molar-refractivity contribution in [3.8, 4) is 17.2 Å². The maximum absolute atomic E-state index is 6.31. The van der Waals surface area contributed by atoms with Gasteiger partial charge in [0.05, 0.1) is 23.9 Å². The van der Waals surface area contributed by atoms with Crippen LogP contribution in [0.25, 0.3) is 0 Å². The second kappa shape index (κ2) is 12.1. The number of nitrogens with zero attached hydrogens (tertiary/aromatic N) is 1. The van der Waals surface area contributed by atoms with E-state index in [1.807, 2.05) is 64.1 Å². The topological polar surface area (TPSA) is 49.3 Å². The van der Waals surface area contributed by atoms with Crippen LogP contribution in [-0.4, -0.2) is 32.6 Å². The predicted molar refractivity (Wildman–Crippen MR) is 123 cm³/mol. The molecule has 6 heteroatoms. The normalized spacial score (nSPS) is 11.6. The Hall–Kier alpha value is -2.66. The Morgan fingerprint density at radius 2 is 1.70 bits per heavy atom. The molecule has 0 aromatic heterocycles. The number of benzene rings is 2. The fourth-order valence-electron chi connectivity index (χ4n) is 2.95. The Kier molecular flexibility index (Phi) is 9.55. The lowest BCUT2D eigenvalue weighted by Crippen LogP contribution is -2.07. The predicted octanol–water partition coefficient (Wildman–Crippen LogP) is 6.13. The van der Waals surface area contributed by atoms with Crippen molar-refractivity contribution in [2.24, 2.45) is 5.16 Å². The van der Waals surface area contributed by atoms with E-state index in [1.165, 1.54) is 7.11 Å². The number of rotatable bonds is 11. The molecule has 0 radical (unpaired) electrons. The highest BCUT2D eigenvalue weighted by Gasteiger charge is 2.08. The smallest absolute Gasteiger partial charge is 0.125 e. The molecular formula is C24H30ClNO4. The van der Waals surface area contributed by atoms with Crippen LogP contribution in [0.5, 0.6) is 17.2 Å². The van der Waals surface area contributed by atoms with Gasteiger partial charge in [-0.25, -0.2) is 0 Å². The molecule has 162 valence electrons. The average molecular weight is 432 g/mol. The van der Waals surface area contributed by atoms with Crippen molar-refractivity contribution in [2.45, 2.75) is 34.1 Å². The average Bonchev–Trinajstić information content (AvgIpc) is 2.70. The number of halogens is 1. The SMILES string of the molecule is C/C=C/COc1cc(C)c(OCCCOc2ccc(C(C)=NOC)c(Cl)c2)c(C)c1. The highest BCUT2D eigenvalue weighted by molar-refractivity contribution is 6.34. The Morgan fingerprint density at radius 1 is 1.00 bits per heavy atom. The van der Waals surface area contributed by atoms with Gasteiger partial charge >= 0.3 is 0 Å². The van der Waals surface area contributed by atoms with E-state index >= 15 is 0 Å². The lowest BCUT2D eigenvalue weighted by atomic mass is 10.1. The number of aryl methyl sites for hydroxylation is 2. The monoisotopic (exact) mass is 431 g/mol. The molecule has 30 heavy (non-hydrogen) atoms. The van der Waals surface area contributed by atoms with Crippen molar-refractivity contribution in [3.63, 3.8) is 0 Å². The maximum Gasteiger partial charge on any atom is 0.125 e. The van der Waals surface area contributed by atoms with Crippen LogP contribution in [-0.2, 0) is 4.84 Å². The van der Waals surface area contributed by atoms with Crippen molar-refractivity contribution < 1.29 is 19.0 Å². The molecule has 0 fully saturated rings. The third-order valence-corrected chi connectivity index (χ3v) is 4.69. The zero-order valence-electron chi connectivity index (χ0n) is 18.3. The van der Waals surface area contributed by atoms with E-state index in [-0.39, 0.29) is 0 Å². The minimum absolute atomic E-state index is 0.531. The minimum Gasteiger partial charge on any atom is -0.493 e. The van der Waals surface area contributed by atoms with E-state index in [1.54, 1.807) is 6.07 Å². The summed E-state index contributed by atoms with van der Waals surface area (Å²) in [5.41, 5.74) is 3.65. The molecule has 0 amide bonds. The molecule has 2 aromatic carbocycles. The zero-order valence-corrected chi connectivity index (χ0v) is 19.1. The number of ether oxygens (including phenoxy) is 3. The molecule has 0 spiro atoms. The van der Waals surface area contributed by atoms with Crippen LogP contribution in [0.4, 0.5) is 0 Å². The third kappa shape index (κ3) is 6.99. The summed E-state index contributed by atoms with van der Waals surface area (Å²) in [7, 11) is 1.51. The number of allylic oxidation sites excluding steroid dienone is 1. The Labute approximate surface area is 184 Å². The molecule has 0 aliphatic rings. The molecule has 0 saturated carbocycles. The van der Waals surface area contributed by atoms with E-state index in [2.05, 4.69) is 5.16 Å². The first-order valence-electron chi connectivity index (χ1n) is 9.94. The number of oxime groups is 1. The number of hydrogen-bond acceptors (Lipinski definition) is 5. The van der Waals surface area contributed by atoms with Crippen LogP contribution in [0.2, 0.25) is 5.02 Å². The summed E-state index contributed by atoms with van der Waals surface area (Å²) in [6.45, 7) is 9.53. The molecule has 0 aliphatic carbocycles. The van der Waals surface area contributed by atoms with Gasteiger partial charge in [0.2, 0.25) is 0 Å². The molecule has 2 aromatic rings. The van der Waals surface area contributed by atoms with Crippen molar-refractivity contribution in [3.05, 3.63) is 64.2 Å². The Morgan fingerprint density at radius 3 is 2.33 bits per heavy atom. The fraction of sp³-hybridized carbons (Fsp3) is 0.375. The first-order valence-corrected chi connectivity index (χ1v) is 10.3. The highest BCUT2D eigenvalue weighted by Crippen LogP contribution is 2.29. The lowest BCUT2D eigenvalue weighted by molar-refractivity contribution is 0.213. The van der Waals surface area contributed by atoms with Crippen LogP contribution >= 0.6 is 11.6 Å². The Bertz CT molecular complexity index is 870. The fourth-order valence-corrected chi connectivity index (χ4v) is 3.26. The molecule has 0 unspecified atom stereocenters. The second-order valence-corrected chi connectivity index (χ2v) is 7.22. The summed E-state index contributed by atoms with van der Waals surface area (Å²) in [6, 6.07) is 9.53. The molecule has 5 nitrogen and oxygen atoms in total. The van der Waals surface area contributed by atoms with Crippen LogP contribution in [0.1, 0.15) is 37.0 Å². The molecule has 0 aliphatic heterocycles. The standard InChI is InChI=1S/C24H30ClNO4/c1-6-7-11-29-21-14-17(2)24(18(3)15-21)30-13-8-12-28-20-9-10-22(23(25)16-20)19(4)26-27-5/h6-7,9-10,14-16H,8,11-13H2,1-5H3/b7-6+,26-19?. The van der Waals surface area contributed by atoms with Crippen LogP contribution in [0, 0.1) is 13.8 Å². The summed E-state index contributed by atoms with van der Waals surface area (Å²) in [6.07, 6.45) is 4.70. The van der Waals surface area contributed by atoms with E-state index in [0.29, 0.717) is 36.3 Å². The third-order valence-electron chi connectivity index (χ3n) is 4.38. The van der Waals surface area contributed by atoms with Gasteiger partial charge in [0.25, 0.3) is 0 Å². The van der Waals surface area contributed by atoms with Gasteiger partial charge in [-0.2, -0.15) is 0 Å². The van der Waals surface area contributed by atoms with Gasteiger partial charge < -0.3 is 19.0 Å². The quantitative estimate of drug-likeness (QED) is 0.186. The molecule has 0 atom stereocenters. The second-order valence-electron chi connectivity index (χ2n) is 6.82. The van der Waals surface area contributed by atoms with E-state index in [9.17, 15) is 0 Å². The minimum atomic E-state index is 0.531. The van der Waals surface area contributed by atoms with Crippen molar-refractivity contribution in [1.82, 2.24) is 0 Å². The first kappa shape index (κ1) is 23.6. The lowest BCUT2D eigenvalue weighted by Gasteiger charge is -2.15. The van der Waals surface area contributed by atoms with Gasteiger partial charge in [-0.05, 0) is 69.2 Å². The van der Waals surface area contributed by atoms with Gasteiger partial charge in [0, 0.05) is 12.0 Å².